The molecule has 0 bridgehead atoms. The minimum atomic E-state index is -0.695. The van der Waals surface area contributed by atoms with E-state index in [2.05, 4.69) is 0 Å². The van der Waals surface area contributed by atoms with Crippen molar-refractivity contribution in [3.05, 3.63) is 38.8 Å². The van der Waals surface area contributed by atoms with Crippen LogP contribution in [-0.4, -0.2) is 47.2 Å². The summed E-state index contributed by atoms with van der Waals surface area (Å²) in [5, 5.41) is 10.4. The van der Waals surface area contributed by atoms with Crippen LogP contribution in [0.3, 0.4) is 0 Å². The average Bonchev–Trinajstić information content (AvgIpc) is 2.82. The summed E-state index contributed by atoms with van der Waals surface area (Å²) in [4.78, 5) is 47.0. The van der Waals surface area contributed by atoms with E-state index >= 15 is 0 Å². The number of hydrogen-bond acceptors (Lipinski definition) is 8. The lowest BCUT2D eigenvalue weighted by Crippen LogP contribution is -2.34. The van der Waals surface area contributed by atoms with E-state index in [-0.39, 0.29) is 28.5 Å². The number of para-hydroxylation sites is 1. The first-order chi connectivity index (χ1) is 11.9. The van der Waals surface area contributed by atoms with Crippen molar-refractivity contribution in [3.63, 3.8) is 0 Å². The quantitative estimate of drug-likeness (QED) is 0.326. The largest absolute Gasteiger partial charge is 0.490 e. The van der Waals surface area contributed by atoms with E-state index in [0.717, 1.165) is 4.90 Å². The molecule has 1 fully saturated rings. The molecule has 132 valence electrons. The lowest BCUT2D eigenvalue weighted by Gasteiger charge is -2.10. The number of rotatable bonds is 6. The van der Waals surface area contributed by atoms with Crippen molar-refractivity contribution in [2.75, 3.05) is 20.3 Å². The number of carbonyl (C=O) groups excluding carboxylic acids is 3. The second kappa shape index (κ2) is 7.79. The molecule has 2 amide bonds. The fraction of sp³-hybridized carbons (Fsp3) is 0.267. The van der Waals surface area contributed by atoms with Gasteiger partial charge in [-0.05, 0) is 24.8 Å². The van der Waals surface area contributed by atoms with E-state index in [9.17, 15) is 24.5 Å². The molecule has 0 N–H and O–H groups in total. The SMILES string of the molecule is CCOC(=O)CN1C(=O)S/C(=C\c2cccc([N+](=O)[O-])c2OC)C1=O. The molecule has 0 spiro atoms. The zero-order valence-electron chi connectivity index (χ0n) is 13.4. The molecule has 1 heterocycles. The molecule has 25 heavy (non-hydrogen) atoms. The van der Waals surface area contributed by atoms with Crippen LogP contribution in [0.25, 0.3) is 6.08 Å². The zero-order valence-corrected chi connectivity index (χ0v) is 14.2. The summed E-state index contributed by atoms with van der Waals surface area (Å²) in [6.07, 6.45) is 1.32. The van der Waals surface area contributed by atoms with Gasteiger partial charge in [0.15, 0.2) is 0 Å². The van der Waals surface area contributed by atoms with Crippen LogP contribution in [0.15, 0.2) is 23.1 Å². The Morgan fingerprint density at radius 2 is 2.12 bits per heavy atom. The predicted molar refractivity (Wildman–Crippen MR) is 89.0 cm³/mol. The Bertz CT molecular complexity index is 775. The van der Waals surface area contributed by atoms with Crippen LogP contribution in [0.2, 0.25) is 0 Å². The number of thioether (sulfide) groups is 1. The molecule has 0 atom stereocenters. The van der Waals surface area contributed by atoms with Crippen LogP contribution in [0, 0.1) is 10.1 Å². The van der Waals surface area contributed by atoms with Crippen molar-refractivity contribution in [1.29, 1.82) is 0 Å². The van der Waals surface area contributed by atoms with Gasteiger partial charge in [-0.1, -0.05) is 12.1 Å². The highest BCUT2D eigenvalue weighted by atomic mass is 32.2. The lowest BCUT2D eigenvalue weighted by molar-refractivity contribution is -0.385. The number of carbonyl (C=O) groups is 3. The molecule has 0 aliphatic carbocycles. The number of methoxy groups -OCH3 is 1. The molecule has 1 aliphatic rings. The molecule has 2 rings (SSSR count). The summed E-state index contributed by atoms with van der Waals surface area (Å²) < 4.78 is 9.78. The maximum atomic E-state index is 12.3. The van der Waals surface area contributed by atoms with Gasteiger partial charge in [0, 0.05) is 11.6 Å². The van der Waals surface area contributed by atoms with Gasteiger partial charge in [-0.25, -0.2) is 0 Å². The van der Waals surface area contributed by atoms with Gasteiger partial charge < -0.3 is 9.47 Å². The standard InChI is InChI=1S/C15H14N2O7S/c1-3-24-12(18)8-16-14(19)11(25-15(16)20)7-9-5-4-6-10(17(21)22)13(9)23-2/h4-7H,3,8H2,1-2H3/b11-7-. The van der Waals surface area contributed by atoms with Crippen LogP contribution in [0.4, 0.5) is 10.5 Å². The van der Waals surface area contributed by atoms with Crippen LogP contribution < -0.4 is 4.74 Å². The summed E-state index contributed by atoms with van der Waals surface area (Å²) >= 11 is 0.635. The monoisotopic (exact) mass is 366 g/mol. The number of nitrogens with zero attached hydrogens (tertiary/aromatic N) is 2. The summed E-state index contributed by atoms with van der Waals surface area (Å²) in [6.45, 7) is 1.26. The van der Waals surface area contributed by atoms with Crippen molar-refractivity contribution < 1.29 is 28.8 Å². The maximum Gasteiger partial charge on any atom is 0.326 e. The highest BCUT2D eigenvalue weighted by molar-refractivity contribution is 8.18. The highest BCUT2D eigenvalue weighted by Gasteiger charge is 2.37. The number of esters is 1. The number of amides is 2. The first-order valence-electron chi connectivity index (χ1n) is 7.11. The minimum Gasteiger partial charge on any atom is -0.490 e. The van der Waals surface area contributed by atoms with Gasteiger partial charge in [0.25, 0.3) is 11.1 Å². The first kappa shape index (κ1) is 18.5. The molecule has 9 nitrogen and oxygen atoms in total. The molecule has 1 saturated heterocycles. The second-order valence-electron chi connectivity index (χ2n) is 4.73. The molecule has 1 aliphatic heterocycles. The third kappa shape index (κ3) is 3.97. The Balaban J connectivity index is 2.32. The van der Waals surface area contributed by atoms with Crippen molar-refractivity contribution in [2.45, 2.75) is 6.92 Å². The normalized spacial score (nSPS) is 15.6. The molecule has 0 radical (unpaired) electrons. The molecule has 1 aromatic carbocycles. The molecular formula is C15H14N2O7S. The number of nitro groups is 1. The number of ether oxygens (including phenoxy) is 2. The second-order valence-corrected chi connectivity index (χ2v) is 5.72. The fourth-order valence-electron chi connectivity index (χ4n) is 2.14. The average molecular weight is 366 g/mol. The lowest BCUT2D eigenvalue weighted by atomic mass is 10.1. The number of benzene rings is 1. The topological polar surface area (TPSA) is 116 Å². The van der Waals surface area contributed by atoms with Crippen LogP contribution in [-0.2, 0) is 14.3 Å². The van der Waals surface area contributed by atoms with Gasteiger partial charge in [-0.15, -0.1) is 0 Å². The van der Waals surface area contributed by atoms with Crippen molar-refractivity contribution in [3.8, 4) is 5.75 Å². The van der Waals surface area contributed by atoms with E-state index in [4.69, 9.17) is 9.47 Å². The van der Waals surface area contributed by atoms with Crippen molar-refractivity contribution in [2.24, 2.45) is 0 Å². The Kier molecular flexibility index (Phi) is 5.75. The summed E-state index contributed by atoms with van der Waals surface area (Å²) in [5.74, 6) is -1.39. The van der Waals surface area contributed by atoms with Gasteiger partial charge >= 0.3 is 11.7 Å². The molecular weight excluding hydrogens is 352 g/mol. The predicted octanol–water partition coefficient (Wildman–Crippen LogP) is 2.20. The van der Waals surface area contributed by atoms with E-state index < -0.39 is 28.6 Å². The third-order valence-electron chi connectivity index (χ3n) is 3.18. The number of imide groups is 1. The van der Waals surface area contributed by atoms with E-state index in [1.807, 2.05) is 0 Å². The molecule has 0 saturated carbocycles. The van der Waals surface area contributed by atoms with Crippen LogP contribution in [0.1, 0.15) is 12.5 Å². The summed E-state index contributed by atoms with van der Waals surface area (Å²) in [5.41, 5.74) is 0.0142. The molecule has 0 unspecified atom stereocenters. The van der Waals surface area contributed by atoms with Crippen molar-refractivity contribution in [1.82, 2.24) is 4.90 Å². The van der Waals surface area contributed by atoms with Gasteiger partial charge in [0.05, 0.1) is 23.5 Å². The van der Waals surface area contributed by atoms with Crippen LogP contribution >= 0.6 is 11.8 Å². The first-order valence-corrected chi connectivity index (χ1v) is 7.93. The fourth-order valence-corrected chi connectivity index (χ4v) is 2.96. The van der Waals surface area contributed by atoms with Crippen molar-refractivity contribution >= 4 is 40.6 Å². The maximum absolute atomic E-state index is 12.3. The van der Waals surface area contributed by atoms with Gasteiger partial charge in [-0.3, -0.25) is 29.4 Å². The Hall–Kier alpha value is -2.88. The Morgan fingerprint density at radius 3 is 2.72 bits per heavy atom. The number of hydrogen-bond donors (Lipinski definition) is 0. The third-order valence-corrected chi connectivity index (χ3v) is 4.09. The molecule has 0 aromatic heterocycles. The Morgan fingerprint density at radius 1 is 1.40 bits per heavy atom. The highest BCUT2D eigenvalue weighted by Crippen LogP contribution is 2.36. The number of nitro benzene ring substituents is 1. The van der Waals surface area contributed by atoms with Crippen LogP contribution in [0.5, 0.6) is 5.75 Å². The Labute approximate surface area is 146 Å². The summed E-state index contributed by atoms with van der Waals surface area (Å²) in [6, 6.07) is 4.23. The van der Waals surface area contributed by atoms with Gasteiger partial charge in [0.1, 0.15) is 6.54 Å². The van der Waals surface area contributed by atoms with E-state index in [1.165, 1.54) is 31.4 Å². The van der Waals surface area contributed by atoms with E-state index in [1.54, 1.807) is 6.92 Å². The smallest absolute Gasteiger partial charge is 0.326 e. The molecule has 10 heteroatoms. The van der Waals surface area contributed by atoms with Gasteiger partial charge in [0.2, 0.25) is 5.75 Å². The zero-order chi connectivity index (χ0) is 18.6. The van der Waals surface area contributed by atoms with Gasteiger partial charge in [-0.2, -0.15) is 0 Å². The molecule has 1 aromatic rings. The van der Waals surface area contributed by atoms with E-state index in [0.29, 0.717) is 11.8 Å². The minimum absolute atomic E-state index is 0.0234. The summed E-state index contributed by atoms with van der Waals surface area (Å²) in [7, 11) is 1.27.